The van der Waals surface area contributed by atoms with Gasteiger partial charge in [0.25, 0.3) is 10.0 Å². The Morgan fingerprint density at radius 3 is 2.53 bits per heavy atom. The van der Waals surface area contributed by atoms with Gasteiger partial charge in [0.1, 0.15) is 6.54 Å². The van der Waals surface area contributed by atoms with E-state index in [9.17, 15) is 13.2 Å². The van der Waals surface area contributed by atoms with Crippen LogP contribution in [-0.2, 0) is 14.8 Å². The molecule has 0 heterocycles. The van der Waals surface area contributed by atoms with Crippen LogP contribution in [-0.4, -0.2) is 38.4 Å². The number of amides is 1. The SMILES string of the molecule is Cc1cccc(N(CC(=O)NCCCSC2CCCCC2)S(=O)(=O)c2ccc(Cl)cc2)c1. The molecule has 0 unspecified atom stereocenters. The summed E-state index contributed by atoms with van der Waals surface area (Å²) in [6.07, 6.45) is 7.47. The maximum Gasteiger partial charge on any atom is 0.264 e. The molecule has 0 spiro atoms. The maximum atomic E-state index is 13.3. The minimum absolute atomic E-state index is 0.0973. The fraction of sp³-hybridized carbons (Fsp3) is 0.458. The molecule has 0 bridgehead atoms. The third-order valence-corrected chi connectivity index (χ3v) is 9.03. The Kier molecular flexibility index (Phi) is 9.32. The summed E-state index contributed by atoms with van der Waals surface area (Å²) >= 11 is 7.92. The lowest BCUT2D eigenvalue weighted by atomic mass is 10.0. The third kappa shape index (κ3) is 7.15. The molecule has 3 rings (SSSR count). The molecule has 2 aromatic carbocycles. The number of aryl methyl sites for hydroxylation is 1. The highest BCUT2D eigenvalue weighted by Crippen LogP contribution is 2.28. The Bertz CT molecular complexity index is 991. The van der Waals surface area contributed by atoms with Crippen molar-refractivity contribution >= 4 is 45.0 Å². The highest BCUT2D eigenvalue weighted by molar-refractivity contribution is 7.99. The van der Waals surface area contributed by atoms with E-state index in [1.165, 1.54) is 56.4 Å². The van der Waals surface area contributed by atoms with E-state index in [1.807, 2.05) is 24.8 Å². The lowest BCUT2D eigenvalue weighted by Gasteiger charge is -2.24. The number of benzene rings is 2. The van der Waals surface area contributed by atoms with E-state index in [-0.39, 0.29) is 17.3 Å². The van der Waals surface area contributed by atoms with Crippen molar-refractivity contribution in [3.05, 3.63) is 59.1 Å². The van der Waals surface area contributed by atoms with E-state index in [1.54, 1.807) is 18.2 Å². The average Bonchev–Trinajstić information content (AvgIpc) is 2.78. The number of carbonyl (C=O) groups excluding carboxylic acids is 1. The Hall–Kier alpha value is -1.70. The van der Waals surface area contributed by atoms with Crippen LogP contribution in [0.1, 0.15) is 44.1 Å². The molecule has 1 fully saturated rings. The molecule has 0 aliphatic heterocycles. The molecule has 0 aromatic heterocycles. The molecule has 1 N–H and O–H groups in total. The molecule has 8 heteroatoms. The summed E-state index contributed by atoms with van der Waals surface area (Å²) in [6.45, 7) is 2.16. The number of hydrogen-bond donors (Lipinski definition) is 1. The number of nitrogens with zero attached hydrogens (tertiary/aromatic N) is 1. The molecule has 1 saturated carbocycles. The number of halogens is 1. The molecule has 0 saturated heterocycles. The molecule has 1 amide bonds. The Balaban J connectivity index is 1.62. The molecular formula is C24H31ClN2O3S2. The molecule has 1 aliphatic rings. The summed E-state index contributed by atoms with van der Waals surface area (Å²) in [5.74, 6) is 0.696. The van der Waals surface area contributed by atoms with Crippen LogP contribution in [0.25, 0.3) is 0 Å². The van der Waals surface area contributed by atoms with Gasteiger partial charge in [0, 0.05) is 16.8 Å². The Labute approximate surface area is 201 Å². The zero-order valence-electron chi connectivity index (χ0n) is 18.4. The minimum Gasteiger partial charge on any atom is -0.354 e. The van der Waals surface area contributed by atoms with Crippen LogP contribution in [0, 0.1) is 6.92 Å². The molecule has 2 aromatic rings. The van der Waals surface area contributed by atoms with Crippen molar-refractivity contribution in [2.75, 3.05) is 23.1 Å². The summed E-state index contributed by atoms with van der Waals surface area (Å²) < 4.78 is 27.8. The second-order valence-electron chi connectivity index (χ2n) is 8.14. The van der Waals surface area contributed by atoms with Gasteiger partial charge < -0.3 is 5.32 Å². The fourth-order valence-electron chi connectivity index (χ4n) is 3.80. The molecule has 0 atom stereocenters. The van der Waals surface area contributed by atoms with Gasteiger partial charge in [0.15, 0.2) is 0 Å². The quantitative estimate of drug-likeness (QED) is 0.448. The topological polar surface area (TPSA) is 66.5 Å². The molecule has 1 aliphatic carbocycles. The predicted octanol–water partition coefficient (Wildman–Crippen LogP) is 5.42. The van der Waals surface area contributed by atoms with Gasteiger partial charge in [0.2, 0.25) is 5.91 Å². The number of anilines is 1. The van der Waals surface area contributed by atoms with Gasteiger partial charge in [-0.25, -0.2) is 8.42 Å². The van der Waals surface area contributed by atoms with Crippen LogP contribution in [0.4, 0.5) is 5.69 Å². The first-order chi connectivity index (χ1) is 15.4. The van der Waals surface area contributed by atoms with Gasteiger partial charge in [-0.15, -0.1) is 0 Å². The van der Waals surface area contributed by atoms with E-state index in [0.29, 0.717) is 17.3 Å². The summed E-state index contributed by atoms with van der Waals surface area (Å²) in [5, 5.41) is 4.09. The second kappa shape index (κ2) is 12.0. The smallest absolute Gasteiger partial charge is 0.264 e. The molecule has 5 nitrogen and oxygen atoms in total. The lowest BCUT2D eigenvalue weighted by Crippen LogP contribution is -2.41. The Morgan fingerprint density at radius 1 is 1.12 bits per heavy atom. The largest absolute Gasteiger partial charge is 0.354 e. The van der Waals surface area contributed by atoms with Crippen molar-refractivity contribution < 1.29 is 13.2 Å². The van der Waals surface area contributed by atoms with E-state index in [2.05, 4.69) is 5.32 Å². The number of rotatable bonds is 10. The highest BCUT2D eigenvalue weighted by atomic mass is 35.5. The summed E-state index contributed by atoms with van der Waals surface area (Å²) in [7, 11) is -3.92. The van der Waals surface area contributed by atoms with Crippen molar-refractivity contribution in [2.45, 2.75) is 55.6 Å². The first-order valence-electron chi connectivity index (χ1n) is 11.1. The zero-order valence-corrected chi connectivity index (χ0v) is 20.8. The third-order valence-electron chi connectivity index (χ3n) is 5.53. The van der Waals surface area contributed by atoms with Crippen molar-refractivity contribution in [1.29, 1.82) is 0 Å². The molecular weight excluding hydrogens is 464 g/mol. The van der Waals surface area contributed by atoms with Crippen LogP contribution >= 0.6 is 23.4 Å². The number of carbonyl (C=O) groups is 1. The van der Waals surface area contributed by atoms with Crippen molar-refractivity contribution in [2.24, 2.45) is 0 Å². The second-order valence-corrected chi connectivity index (χ2v) is 11.8. The van der Waals surface area contributed by atoms with Gasteiger partial charge in [-0.3, -0.25) is 9.10 Å². The lowest BCUT2D eigenvalue weighted by molar-refractivity contribution is -0.119. The van der Waals surface area contributed by atoms with Crippen LogP contribution in [0.3, 0.4) is 0 Å². The van der Waals surface area contributed by atoms with Crippen LogP contribution < -0.4 is 9.62 Å². The first kappa shape index (κ1) is 24.9. The van der Waals surface area contributed by atoms with Gasteiger partial charge in [-0.1, -0.05) is 43.0 Å². The van der Waals surface area contributed by atoms with E-state index in [4.69, 9.17) is 11.6 Å². The Morgan fingerprint density at radius 2 is 1.84 bits per heavy atom. The van der Waals surface area contributed by atoms with Gasteiger partial charge >= 0.3 is 0 Å². The summed E-state index contributed by atoms with van der Waals surface area (Å²) in [4.78, 5) is 12.8. The van der Waals surface area contributed by atoms with Gasteiger partial charge in [-0.2, -0.15) is 11.8 Å². The zero-order chi connectivity index (χ0) is 23.0. The highest BCUT2D eigenvalue weighted by Gasteiger charge is 2.27. The van der Waals surface area contributed by atoms with E-state index < -0.39 is 10.0 Å². The molecule has 32 heavy (non-hydrogen) atoms. The van der Waals surface area contributed by atoms with Crippen molar-refractivity contribution in [3.63, 3.8) is 0 Å². The van der Waals surface area contributed by atoms with Crippen molar-refractivity contribution in [3.8, 4) is 0 Å². The fourth-order valence-corrected chi connectivity index (χ4v) is 6.65. The van der Waals surface area contributed by atoms with Crippen LogP contribution in [0.15, 0.2) is 53.4 Å². The number of thioether (sulfide) groups is 1. The summed E-state index contributed by atoms with van der Waals surface area (Å²) in [5.41, 5.74) is 1.38. The number of nitrogens with one attached hydrogen (secondary N) is 1. The standard InChI is InChI=1S/C24H31ClN2O3S2/c1-19-7-5-8-21(17-19)27(32(29,30)23-13-11-20(25)12-14-23)18-24(28)26-15-6-16-31-22-9-3-2-4-10-22/h5,7-8,11-14,17,22H,2-4,6,9-10,15-16,18H2,1H3,(H,26,28). The molecule has 0 radical (unpaired) electrons. The minimum atomic E-state index is -3.92. The first-order valence-corrected chi connectivity index (χ1v) is 14.0. The predicted molar refractivity (Wildman–Crippen MR) is 134 cm³/mol. The van der Waals surface area contributed by atoms with Gasteiger partial charge in [0.05, 0.1) is 10.6 Å². The maximum absolute atomic E-state index is 13.3. The van der Waals surface area contributed by atoms with E-state index >= 15 is 0 Å². The number of sulfonamides is 1. The molecule has 174 valence electrons. The van der Waals surface area contributed by atoms with E-state index in [0.717, 1.165) is 27.3 Å². The monoisotopic (exact) mass is 494 g/mol. The summed E-state index contributed by atoms with van der Waals surface area (Å²) in [6, 6.07) is 13.1. The van der Waals surface area contributed by atoms with Crippen LogP contribution in [0.2, 0.25) is 5.02 Å². The van der Waals surface area contributed by atoms with Crippen LogP contribution in [0.5, 0.6) is 0 Å². The average molecular weight is 495 g/mol. The number of hydrogen-bond acceptors (Lipinski definition) is 4. The van der Waals surface area contributed by atoms with Gasteiger partial charge in [-0.05, 0) is 73.9 Å². The normalized spacial score (nSPS) is 14.8. The van der Waals surface area contributed by atoms with Crippen molar-refractivity contribution in [1.82, 2.24) is 5.32 Å².